The van der Waals surface area contributed by atoms with E-state index < -0.39 is 0 Å². The van der Waals surface area contributed by atoms with Crippen LogP contribution < -0.4 is 9.47 Å². The lowest BCUT2D eigenvalue weighted by Gasteiger charge is -2.26. The molecule has 0 saturated carbocycles. The summed E-state index contributed by atoms with van der Waals surface area (Å²) in [6.45, 7) is 2.02. The number of hydrogen-bond donors (Lipinski definition) is 0. The Morgan fingerprint density at radius 3 is 2.34 bits per heavy atom. The van der Waals surface area contributed by atoms with Gasteiger partial charge in [-0.15, -0.1) is 5.10 Å². The molecule has 0 N–H and O–H groups in total. The van der Waals surface area contributed by atoms with Crippen molar-refractivity contribution in [2.45, 2.75) is 19.3 Å². The summed E-state index contributed by atoms with van der Waals surface area (Å²) in [5, 5.41) is 9.64. The topological polar surface area (TPSA) is 79.4 Å². The van der Waals surface area contributed by atoms with Crippen LogP contribution in [0, 0.1) is 6.92 Å². The third-order valence-corrected chi connectivity index (χ3v) is 6.92. The molecule has 1 aliphatic rings. The number of ether oxygens (including phenoxy) is 2. The molecular weight excluding hydrogens is 476 g/mol. The maximum Gasteiger partial charge on any atom is 0.230 e. The summed E-state index contributed by atoms with van der Waals surface area (Å²) in [6, 6.07) is 28.3. The van der Waals surface area contributed by atoms with E-state index in [0.29, 0.717) is 18.2 Å². The van der Waals surface area contributed by atoms with Crippen molar-refractivity contribution in [3.63, 3.8) is 0 Å². The van der Waals surface area contributed by atoms with Crippen LogP contribution in [-0.4, -0.2) is 36.5 Å². The van der Waals surface area contributed by atoms with E-state index in [4.69, 9.17) is 29.6 Å². The van der Waals surface area contributed by atoms with Crippen molar-refractivity contribution in [1.82, 2.24) is 29.4 Å². The van der Waals surface area contributed by atoms with E-state index in [0.717, 1.165) is 50.9 Å². The first-order chi connectivity index (χ1) is 18.7. The van der Waals surface area contributed by atoms with Gasteiger partial charge in [-0.1, -0.05) is 60.7 Å². The van der Waals surface area contributed by atoms with Crippen LogP contribution in [-0.2, 0) is 6.42 Å². The molecule has 0 aliphatic carbocycles. The lowest BCUT2D eigenvalue weighted by atomic mass is 9.84. The average Bonchev–Trinajstić information content (AvgIpc) is 3.53. The molecule has 1 aliphatic heterocycles. The minimum Gasteiger partial charge on any atom is -0.497 e. The maximum absolute atomic E-state index is 6.50. The van der Waals surface area contributed by atoms with Crippen LogP contribution in [0.5, 0.6) is 17.5 Å². The standard InChI is InChI=1S/C30H24N6O2/c1-19-25-26(21-13-15-23(37-2)16-14-21)27-28-32-24(17-20-9-5-3-6-10-20)34-35(28)18-31-29(27)38-30(25)36(33-19)22-11-7-4-8-12-22/h3-16,18,26H,17H2,1-2H3/t26-/m1/s1. The van der Waals surface area contributed by atoms with Gasteiger partial charge in [0.1, 0.15) is 12.1 Å². The van der Waals surface area contributed by atoms with Crippen molar-refractivity contribution >= 4 is 5.65 Å². The maximum atomic E-state index is 6.50. The number of nitrogens with zero attached hydrogens (tertiary/aromatic N) is 6. The predicted octanol–water partition coefficient (Wildman–Crippen LogP) is 5.50. The molecule has 186 valence electrons. The van der Waals surface area contributed by atoms with Crippen LogP contribution >= 0.6 is 0 Å². The van der Waals surface area contributed by atoms with Gasteiger partial charge in [0.25, 0.3) is 0 Å². The van der Waals surface area contributed by atoms with Gasteiger partial charge in [-0.05, 0) is 42.3 Å². The molecule has 0 unspecified atom stereocenters. The molecule has 0 amide bonds. The Morgan fingerprint density at radius 2 is 1.61 bits per heavy atom. The molecule has 1 atom stereocenters. The van der Waals surface area contributed by atoms with Crippen LogP contribution in [0.25, 0.3) is 11.3 Å². The lowest BCUT2D eigenvalue weighted by molar-refractivity contribution is 0.402. The number of benzene rings is 3. The lowest BCUT2D eigenvalue weighted by Crippen LogP contribution is -2.16. The third-order valence-electron chi connectivity index (χ3n) is 6.92. The quantitative estimate of drug-likeness (QED) is 0.310. The monoisotopic (exact) mass is 500 g/mol. The van der Waals surface area contributed by atoms with E-state index >= 15 is 0 Å². The Balaban J connectivity index is 1.43. The molecule has 3 aromatic heterocycles. The summed E-state index contributed by atoms with van der Waals surface area (Å²) >= 11 is 0. The number of aryl methyl sites for hydroxylation is 1. The fraction of sp³-hybridized carbons (Fsp3) is 0.133. The molecule has 0 fully saturated rings. The molecule has 0 radical (unpaired) electrons. The van der Waals surface area contributed by atoms with Crippen LogP contribution in [0.15, 0.2) is 91.3 Å². The van der Waals surface area contributed by atoms with Gasteiger partial charge in [0.15, 0.2) is 11.5 Å². The van der Waals surface area contributed by atoms with Crippen LogP contribution in [0.2, 0.25) is 0 Å². The zero-order chi connectivity index (χ0) is 25.6. The zero-order valence-electron chi connectivity index (χ0n) is 20.9. The van der Waals surface area contributed by atoms with Crippen molar-refractivity contribution in [3.8, 4) is 23.2 Å². The average molecular weight is 501 g/mol. The molecule has 0 spiro atoms. The molecule has 3 aromatic carbocycles. The highest BCUT2D eigenvalue weighted by atomic mass is 16.5. The van der Waals surface area contributed by atoms with Gasteiger partial charge >= 0.3 is 0 Å². The Morgan fingerprint density at radius 1 is 0.868 bits per heavy atom. The van der Waals surface area contributed by atoms with E-state index in [1.54, 1.807) is 18.0 Å². The Kier molecular flexibility index (Phi) is 5.18. The van der Waals surface area contributed by atoms with Gasteiger partial charge in [-0.3, -0.25) is 0 Å². The van der Waals surface area contributed by atoms with E-state index in [-0.39, 0.29) is 5.92 Å². The zero-order valence-corrected chi connectivity index (χ0v) is 20.9. The predicted molar refractivity (Wildman–Crippen MR) is 142 cm³/mol. The summed E-state index contributed by atoms with van der Waals surface area (Å²) in [7, 11) is 1.67. The number of rotatable bonds is 5. The van der Waals surface area contributed by atoms with Crippen LogP contribution in [0.3, 0.4) is 0 Å². The molecule has 8 nitrogen and oxygen atoms in total. The van der Waals surface area contributed by atoms with E-state index in [1.165, 1.54) is 0 Å². The van der Waals surface area contributed by atoms with E-state index in [1.807, 2.05) is 72.3 Å². The fourth-order valence-electron chi connectivity index (χ4n) is 5.15. The second-order valence-corrected chi connectivity index (χ2v) is 9.28. The molecule has 6 aromatic rings. The molecular formula is C30H24N6O2. The molecule has 0 bridgehead atoms. The van der Waals surface area contributed by atoms with Gasteiger partial charge < -0.3 is 9.47 Å². The van der Waals surface area contributed by atoms with Crippen LogP contribution in [0.1, 0.15) is 39.7 Å². The summed E-state index contributed by atoms with van der Waals surface area (Å²) in [5.74, 6) is 2.47. The normalized spacial score (nSPS) is 14.1. The number of aromatic nitrogens is 6. The smallest absolute Gasteiger partial charge is 0.230 e. The summed E-state index contributed by atoms with van der Waals surface area (Å²) in [4.78, 5) is 9.67. The summed E-state index contributed by atoms with van der Waals surface area (Å²) in [6.07, 6.45) is 2.30. The van der Waals surface area contributed by atoms with Crippen molar-refractivity contribution in [2.75, 3.05) is 7.11 Å². The van der Waals surface area contributed by atoms with Gasteiger partial charge in [0.05, 0.1) is 35.5 Å². The highest BCUT2D eigenvalue weighted by molar-refractivity contribution is 5.66. The Hall–Kier alpha value is -4.98. The first kappa shape index (κ1) is 22.2. The molecule has 8 heteroatoms. The van der Waals surface area contributed by atoms with Crippen LogP contribution in [0.4, 0.5) is 0 Å². The highest BCUT2D eigenvalue weighted by Gasteiger charge is 2.38. The number of para-hydroxylation sites is 1. The highest BCUT2D eigenvalue weighted by Crippen LogP contribution is 2.49. The largest absolute Gasteiger partial charge is 0.497 e. The van der Waals surface area contributed by atoms with E-state index in [2.05, 4.69) is 24.3 Å². The SMILES string of the molecule is COc1ccc([C@@H]2c3c(C)nn(-c4ccccc4)c3Oc3ncn4nc(Cc5ccccc5)nc4c32)cc1. The fourth-order valence-corrected chi connectivity index (χ4v) is 5.15. The molecule has 38 heavy (non-hydrogen) atoms. The number of fused-ring (bicyclic) bond motifs is 4. The molecule has 7 rings (SSSR count). The van der Waals surface area contributed by atoms with Gasteiger partial charge in [-0.25, -0.2) is 19.2 Å². The second kappa shape index (κ2) is 8.85. The van der Waals surface area contributed by atoms with Crippen molar-refractivity contribution in [2.24, 2.45) is 0 Å². The summed E-state index contributed by atoms with van der Waals surface area (Å²) in [5.41, 5.74) is 6.58. The minimum atomic E-state index is -0.206. The first-order valence-electron chi connectivity index (χ1n) is 12.4. The molecule has 0 saturated heterocycles. The summed E-state index contributed by atoms with van der Waals surface area (Å²) < 4.78 is 15.5. The van der Waals surface area contributed by atoms with Gasteiger partial charge in [0, 0.05) is 6.42 Å². The molecule has 4 heterocycles. The Labute approximate surface area is 219 Å². The number of hydrogen-bond acceptors (Lipinski definition) is 6. The second-order valence-electron chi connectivity index (χ2n) is 9.28. The first-order valence-corrected chi connectivity index (χ1v) is 12.4. The van der Waals surface area contributed by atoms with Crippen molar-refractivity contribution in [3.05, 3.63) is 125 Å². The van der Waals surface area contributed by atoms with Crippen molar-refractivity contribution in [1.29, 1.82) is 0 Å². The Bertz CT molecular complexity index is 1760. The van der Waals surface area contributed by atoms with Gasteiger partial charge in [-0.2, -0.15) is 5.10 Å². The minimum absolute atomic E-state index is 0.206. The third kappa shape index (κ3) is 3.61. The number of methoxy groups -OCH3 is 1. The van der Waals surface area contributed by atoms with E-state index in [9.17, 15) is 0 Å². The van der Waals surface area contributed by atoms with Crippen molar-refractivity contribution < 1.29 is 9.47 Å². The van der Waals surface area contributed by atoms with Gasteiger partial charge in [0.2, 0.25) is 11.8 Å².